The lowest BCUT2D eigenvalue weighted by molar-refractivity contribution is 0.0682. The molecule has 0 aliphatic carbocycles. The van der Waals surface area contributed by atoms with E-state index in [2.05, 4.69) is 15.6 Å². The van der Waals surface area contributed by atoms with Crippen molar-refractivity contribution in [3.8, 4) is 5.75 Å². The lowest BCUT2D eigenvalue weighted by atomic mass is 10.2. The fraction of sp³-hybridized carbons (Fsp3) is 0.375. The normalized spacial score (nSPS) is 17.0. The fourth-order valence-corrected chi connectivity index (χ4v) is 2.87. The molecule has 6 nitrogen and oxygen atoms in total. The Labute approximate surface area is 138 Å². The number of aromatic nitrogens is 1. The number of carbonyl (C=O) groups is 1. The number of urea groups is 1. The zero-order chi connectivity index (χ0) is 16.1. The molecule has 1 aliphatic heterocycles. The SMILES string of the molecule is Cc1ccc(NC(=O)Nc2nccs2)c(OCC2CCCO2)c1. The van der Waals surface area contributed by atoms with Crippen molar-refractivity contribution >= 4 is 28.2 Å². The second kappa shape index (κ2) is 7.43. The van der Waals surface area contributed by atoms with E-state index in [-0.39, 0.29) is 12.1 Å². The molecule has 0 bridgehead atoms. The third-order valence-electron chi connectivity index (χ3n) is 3.49. The number of carbonyl (C=O) groups excluding carboxylic acids is 1. The van der Waals surface area contributed by atoms with E-state index in [0.29, 0.717) is 23.2 Å². The number of anilines is 2. The maximum atomic E-state index is 12.0. The van der Waals surface area contributed by atoms with Crippen molar-refractivity contribution in [1.29, 1.82) is 0 Å². The van der Waals surface area contributed by atoms with Crippen LogP contribution in [0.3, 0.4) is 0 Å². The summed E-state index contributed by atoms with van der Waals surface area (Å²) in [5, 5.41) is 7.84. The molecule has 1 aromatic heterocycles. The number of nitrogens with one attached hydrogen (secondary N) is 2. The Bertz CT molecular complexity index is 655. The summed E-state index contributed by atoms with van der Waals surface area (Å²) in [4.78, 5) is 16.1. The van der Waals surface area contributed by atoms with Crippen molar-refractivity contribution in [3.05, 3.63) is 35.3 Å². The second-order valence-electron chi connectivity index (χ2n) is 5.36. The molecule has 2 amide bonds. The molecule has 1 saturated heterocycles. The number of thiazole rings is 1. The van der Waals surface area contributed by atoms with E-state index < -0.39 is 0 Å². The molecule has 0 spiro atoms. The van der Waals surface area contributed by atoms with Gasteiger partial charge in [-0.15, -0.1) is 11.3 Å². The maximum Gasteiger partial charge on any atom is 0.325 e. The van der Waals surface area contributed by atoms with E-state index in [1.54, 1.807) is 11.6 Å². The van der Waals surface area contributed by atoms with E-state index in [0.717, 1.165) is 25.0 Å². The van der Waals surface area contributed by atoms with E-state index in [1.807, 2.05) is 25.1 Å². The Morgan fingerprint density at radius 2 is 2.39 bits per heavy atom. The molecular weight excluding hydrogens is 314 g/mol. The van der Waals surface area contributed by atoms with Crippen molar-refractivity contribution < 1.29 is 14.3 Å². The van der Waals surface area contributed by atoms with Crippen LogP contribution >= 0.6 is 11.3 Å². The van der Waals surface area contributed by atoms with Crippen LogP contribution in [0.1, 0.15) is 18.4 Å². The summed E-state index contributed by atoms with van der Waals surface area (Å²) in [7, 11) is 0. The molecule has 1 unspecified atom stereocenters. The molecule has 23 heavy (non-hydrogen) atoms. The predicted octanol–water partition coefficient (Wildman–Crippen LogP) is 3.65. The summed E-state index contributed by atoms with van der Waals surface area (Å²) < 4.78 is 11.4. The first-order valence-corrected chi connectivity index (χ1v) is 8.41. The fourth-order valence-electron chi connectivity index (χ4n) is 2.35. The van der Waals surface area contributed by atoms with E-state index >= 15 is 0 Å². The Balaban J connectivity index is 1.64. The molecular formula is C16H19N3O3S. The largest absolute Gasteiger partial charge is 0.489 e. The molecule has 2 N–H and O–H groups in total. The van der Waals surface area contributed by atoms with Crippen molar-refractivity contribution in [2.45, 2.75) is 25.9 Å². The quantitative estimate of drug-likeness (QED) is 0.876. The van der Waals surface area contributed by atoms with Gasteiger partial charge in [-0.2, -0.15) is 0 Å². The first-order valence-electron chi connectivity index (χ1n) is 7.53. The van der Waals surface area contributed by atoms with Crippen molar-refractivity contribution in [2.75, 3.05) is 23.8 Å². The topological polar surface area (TPSA) is 72.5 Å². The minimum atomic E-state index is -0.342. The van der Waals surface area contributed by atoms with Crippen LogP contribution in [0.25, 0.3) is 0 Å². The monoisotopic (exact) mass is 333 g/mol. The van der Waals surface area contributed by atoms with Gasteiger partial charge in [0.25, 0.3) is 0 Å². The summed E-state index contributed by atoms with van der Waals surface area (Å²) in [5.74, 6) is 0.648. The van der Waals surface area contributed by atoms with Crippen LogP contribution in [-0.4, -0.2) is 30.3 Å². The molecule has 1 aliphatic rings. The van der Waals surface area contributed by atoms with Gasteiger partial charge in [0, 0.05) is 18.2 Å². The van der Waals surface area contributed by atoms with Gasteiger partial charge in [0.2, 0.25) is 0 Å². The van der Waals surface area contributed by atoms with E-state index in [4.69, 9.17) is 9.47 Å². The van der Waals surface area contributed by atoms with Gasteiger partial charge in [0.1, 0.15) is 12.4 Å². The molecule has 1 atom stereocenters. The minimum Gasteiger partial charge on any atom is -0.489 e. The van der Waals surface area contributed by atoms with Gasteiger partial charge < -0.3 is 14.8 Å². The third-order valence-corrected chi connectivity index (χ3v) is 4.18. The van der Waals surface area contributed by atoms with Gasteiger partial charge >= 0.3 is 6.03 Å². The van der Waals surface area contributed by atoms with E-state index in [1.165, 1.54) is 11.3 Å². The second-order valence-corrected chi connectivity index (χ2v) is 6.26. The average molecular weight is 333 g/mol. The van der Waals surface area contributed by atoms with Gasteiger partial charge in [0.15, 0.2) is 5.13 Å². The van der Waals surface area contributed by atoms with Crippen LogP contribution in [0.4, 0.5) is 15.6 Å². The molecule has 7 heteroatoms. The van der Waals surface area contributed by atoms with E-state index in [9.17, 15) is 4.79 Å². The Kier molecular flexibility index (Phi) is 5.09. The highest BCUT2D eigenvalue weighted by atomic mass is 32.1. The maximum absolute atomic E-state index is 12.0. The molecule has 2 aromatic rings. The molecule has 1 fully saturated rings. The number of hydrogen-bond acceptors (Lipinski definition) is 5. The lowest BCUT2D eigenvalue weighted by Gasteiger charge is -2.16. The standard InChI is InChI=1S/C16H19N3O3S/c1-11-4-5-13(18-15(20)19-16-17-6-8-23-16)14(9-11)22-10-12-3-2-7-21-12/h4-6,8-9,12H,2-3,7,10H2,1H3,(H2,17,18,19,20). The number of benzene rings is 1. The number of ether oxygens (including phenoxy) is 2. The highest BCUT2D eigenvalue weighted by Gasteiger charge is 2.17. The summed E-state index contributed by atoms with van der Waals surface area (Å²) in [6.45, 7) is 3.27. The van der Waals surface area contributed by atoms with Gasteiger partial charge in [-0.25, -0.2) is 9.78 Å². The number of hydrogen-bond donors (Lipinski definition) is 2. The zero-order valence-electron chi connectivity index (χ0n) is 12.9. The number of amides is 2. The first kappa shape index (κ1) is 15.8. The summed E-state index contributed by atoms with van der Waals surface area (Å²) in [6, 6.07) is 5.33. The molecule has 1 aromatic carbocycles. The zero-order valence-corrected chi connectivity index (χ0v) is 13.7. The Hall–Kier alpha value is -2.12. The van der Waals surface area contributed by atoms with Crippen LogP contribution in [0.15, 0.2) is 29.8 Å². The molecule has 0 saturated carbocycles. The van der Waals surface area contributed by atoms with Crippen molar-refractivity contribution in [1.82, 2.24) is 4.98 Å². The van der Waals surface area contributed by atoms with Crippen LogP contribution in [-0.2, 0) is 4.74 Å². The highest BCUT2D eigenvalue weighted by Crippen LogP contribution is 2.27. The number of rotatable bonds is 5. The lowest BCUT2D eigenvalue weighted by Crippen LogP contribution is -2.21. The summed E-state index contributed by atoms with van der Waals surface area (Å²) in [6.07, 6.45) is 3.86. The van der Waals surface area contributed by atoms with Gasteiger partial charge in [-0.3, -0.25) is 5.32 Å². The van der Waals surface area contributed by atoms with Crippen LogP contribution in [0.2, 0.25) is 0 Å². The summed E-state index contributed by atoms with van der Waals surface area (Å²) in [5.41, 5.74) is 1.70. The first-order chi connectivity index (χ1) is 11.2. The molecule has 2 heterocycles. The van der Waals surface area contributed by atoms with Gasteiger partial charge in [0.05, 0.1) is 11.8 Å². The molecule has 0 radical (unpaired) electrons. The van der Waals surface area contributed by atoms with Crippen LogP contribution < -0.4 is 15.4 Å². The van der Waals surface area contributed by atoms with Crippen LogP contribution in [0.5, 0.6) is 5.75 Å². The van der Waals surface area contributed by atoms with Crippen molar-refractivity contribution in [2.24, 2.45) is 0 Å². The molecule has 3 rings (SSSR count). The highest BCUT2D eigenvalue weighted by molar-refractivity contribution is 7.13. The average Bonchev–Trinajstić information content (AvgIpc) is 3.21. The minimum absolute atomic E-state index is 0.132. The smallest absolute Gasteiger partial charge is 0.325 e. The number of nitrogens with zero attached hydrogens (tertiary/aromatic N) is 1. The molecule has 122 valence electrons. The summed E-state index contributed by atoms with van der Waals surface area (Å²) >= 11 is 1.36. The Morgan fingerprint density at radius 1 is 1.48 bits per heavy atom. The third kappa shape index (κ3) is 4.43. The van der Waals surface area contributed by atoms with Crippen molar-refractivity contribution in [3.63, 3.8) is 0 Å². The predicted molar refractivity (Wildman–Crippen MR) is 90.4 cm³/mol. The van der Waals surface area contributed by atoms with Crippen LogP contribution in [0, 0.1) is 6.92 Å². The number of aryl methyl sites for hydroxylation is 1. The van der Waals surface area contributed by atoms with Gasteiger partial charge in [-0.05, 0) is 37.5 Å². The van der Waals surface area contributed by atoms with Gasteiger partial charge in [-0.1, -0.05) is 6.07 Å². The Morgan fingerprint density at radius 3 is 3.13 bits per heavy atom.